The predicted molar refractivity (Wildman–Crippen MR) is 139 cm³/mol. The van der Waals surface area contributed by atoms with Crippen molar-refractivity contribution in [3.05, 3.63) is 96.9 Å². The Morgan fingerprint density at radius 2 is 1.88 bits per heavy atom. The minimum atomic E-state index is 0.0546. The average molecular weight is 566 g/mol. The van der Waals surface area contributed by atoms with Gasteiger partial charge in [-0.05, 0) is 69.7 Å². The van der Waals surface area contributed by atoms with E-state index in [9.17, 15) is 0 Å². The molecule has 33 heavy (non-hydrogen) atoms. The largest absolute Gasteiger partial charge is 0.493 e. The predicted octanol–water partition coefficient (Wildman–Crippen LogP) is 8.82. The van der Waals surface area contributed by atoms with Gasteiger partial charge in [-0.1, -0.05) is 65.2 Å². The Labute approximate surface area is 216 Å². The Bertz CT molecular complexity index is 1250. The molecule has 1 aliphatic carbocycles. The molecule has 5 rings (SSSR count). The molecule has 1 N–H and O–H groups in total. The molecule has 0 fully saturated rings. The molecule has 0 spiro atoms. The number of nitrogens with one attached hydrogen (secondary N) is 1. The molecule has 0 saturated heterocycles. The van der Waals surface area contributed by atoms with Gasteiger partial charge in [0, 0.05) is 21.5 Å². The van der Waals surface area contributed by atoms with Crippen molar-refractivity contribution in [2.45, 2.75) is 25.0 Å². The zero-order valence-electron chi connectivity index (χ0n) is 17.7. The first-order valence-corrected chi connectivity index (χ1v) is 12.5. The van der Waals surface area contributed by atoms with Crippen molar-refractivity contribution in [1.82, 2.24) is 0 Å². The molecule has 0 aromatic heterocycles. The van der Waals surface area contributed by atoms with E-state index in [-0.39, 0.29) is 12.0 Å². The van der Waals surface area contributed by atoms with Crippen LogP contribution in [0.3, 0.4) is 0 Å². The minimum absolute atomic E-state index is 0.0546. The fraction of sp³-hybridized carbons (Fsp3) is 0.231. The Balaban J connectivity index is 1.48. The van der Waals surface area contributed by atoms with Gasteiger partial charge in [-0.3, -0.25) is 0 Å². The van der Waals surface area contributed by atoms with E-state index in [0.29, 0.717) is 39.1 Å². The maximum Gasteiger partial charge on any atom is 0.175 e. The summed E-state index contributed by atoms with van der Waals surface area (Å²) < 4.78 is 12.7. The van der Waals surface area contributed by atoms with Crippen LogP contribution in [0.25, 0.3) is 0 Å². The van der Waals surface area contributed by atoms with Crippen LogP contribution in [-0.2, 0) is 6.61 Å². The molecule has 1 heterocycles. The third-order valence-corrected chi connectivity index (χ3v) is 7.80. The standard InChI is InChI=1S/C26H21BrCl3NO2/c1-32-23-10-15(9-20(27)26(23)33-13-14-5-2-3-8-21(14)29)24-18-7-4-6-17(18)19-11-16(28)12-22(30)25(19)31-24/h2-6,8-12,17-18,24,31H,7,13H2,1H3. The molecule has 3 unspecified atom stereocenters. The lowest BCUT2D eigenvalue weighted by Gasteiger charge is -2.38. The van der Waals surface area contributed by atoms with E-state index in [4.69, 9.17) is 44.3 Å². The van der Waals surface area contributed by atoms with Gasteiger partial charge in [-0.2, -0.15) is 0 Å². The highest BCUT2D eigenvalue weighted by molar-refractivity contribution is 9.10. The molecular formula is C26H21BrCl3NO2. The van der Waals surface area contributed by atoms with Crippen molar-refractivity contribution in [2.24, 2.45) is 5.92 Å². The van der Waals surface area contributed by atoms with Crippen LogP contribution in [0.5, 0.6) is 11.5 Å². The van der Waals surface area contributed by atoms with Gasteiger partial charge in [-0.25, -0.2) is 0 Å². The summed E-state index contributed by atoms with van der Waals surface area (Å²) in [7, 11) is 1.65. The molecule has 3 aromatic carbocycles. The highest BCUT2D eigenvalue weighted by Crippen LogP contribution is 2.53. The number of benzene rings is 3. The maximum absolute atomic E-state index is 6.58. The third kappa shape index (κ3) is 4.35. The Hall–Kier alpha value is -1.85. The molecule has 0 bridgehead atoms. The van der Waals surface area contributed by atoms with E-state index in [1.807, 2.05) is 36.4 Å². The Kier molecular flexibility index (Phi) is 6.54. The summed E-state index contributed by atoms with van der Waals surface area (Å²) >= 11 is 22.9. The number of rotatable bonds is 5. The first-order valence-electron chi connectivity index (χ1n) is 10.6. The molecule has 0 saturated carbocycles. The van der Waals surface area contributed by atoms with Crippen LogP contribution in [0.2, 0.25) is 15.1 Å². The highest BCUT2D eigenvalue weighted by atomic mass is 79.9. The van der Waals surface area contributed by atoms with Crippen LogP contribution in [0, 0.1) is 5.92 Å². The topological polar surface area (TPSA) is 30.5 Å². The number of fused-ring (bicyclic) bond motifs is 3. The van der Waals surface area contributed by atoms with Crippen LogP contribution < -0.4 is 14.8 Å². The SMILES string of the molecule is COc1cc(C2Nc3c(Cl)cc(Cl)cc3C3C=CCC32)cc(Br)c1OCc1ccccc1Cl. The highest BCUT2D eigenvalue weighted by Gasteiger charge is 2.39. The van der Waals surface area contributed by atoms with Gasteiger partial charge >= 0.3 is 0 Å². The third-order valence-electron chi connectivity index (χ3n) is 6.33. The van der Waals surface area contributed by atoms with E-state index >= 15 is 0 Å². The second-order valence-electron chi connectivity index (χ2n) is 8.24. The summed E-state index contributed by atoms with van der Waals surface area (Å²) in [4.78, 5) is 0. The van der Waals surface area contributed by atoms with Gasteiger partial charge in [0.15, 0.2) is 11.5 Å². The quantitative estimate of drug-likeness (QED) is 0.314. The van der Waals surface area contributed by atoms with E-state index < -0.39 is 0 Å². The summed E-state index contributed by atoms with van der Waals surface area (Å²) in [5, 5.41) is 5.64. The van der Waals surface area contributed by atoms with Crippen LogP contribution in [0.4, 0.5) is 5.69 Å². The minimum Gasteiger partial charge on any atom is -0.493 e. The fourth-order valence-corrected chi connectivity index (χ4v) is 6.10. The van der Waals surface area contributed by atoms with Crippen LogP contribution >= 0.6 is 50.7 Å². The lowest BCUT2D eigenvalue weighted by molar-refractivity contribution is 0.282. The number of methoxy groups -OCH3 is 1. The van der Waals surface area contributed by atoms with Crippen LogP contribution in [-0.4, -0.2) is 7.11 Å². The van der Waals surface area contributed by atoms with Crippen molar-refractivity contribution in [1.29, 1.82) is 0 Å². The molecule has 170 valence electrons. The van der Waals surface area contributed by atoms with Crippen LogP contribution in [0.15, 0.2) is 65.2 Å². The van der Waals surface area contributed by atoms with Gasteiger partial charge in [0.25, 0.3) is 0 Å². The summed E-state index contributed by atoms with van der Waals surface area (Å²) in [6.45, 7) is 0.341. The Morgan fingerprint density at radius 1 is 1.06 bits per heavy atom. The molecule has 3 nitrogen and oxygen atoms in total. The first kappa shape index (κ1) is 22.9. The number of halogens is 4. The lowest BCUT2D eigenvalue weighted by atomic mass is 9.77. The van der Waals surface area contributed by atoms with Gasteiger partial charge in [0.1, 0.15) is 6.61 Å². The molecule has 7 heteroatoms. The molecule has 0 amide bonds. The molecule has 2 aliphatic rings. The monoisotopic (exact) mass is 563 g/mol. The van der Waals surface area contributed by atoms with E-state index in [1.165, 1.54) is 0 Å². The van der Waals surface area contributed by atoms with E-state index in [2.05, 4.69) is 39.5 Å². The number of ether oxygens (including phenoxy) is 2. The number of anilines is 1. The summed E-state index contributed by atoms with van der Waals surface area (Å²) in [5.74, 6) is 1.90. The summed E-state index contributed by atoms with van der Waals surface area (Å²) in [6.07, 6.45) is 5.47. The second kappa shape index (κ2) is 9.42. The molecular weight excluding hydrogens is 545 g/mol. The molecule has 1 aliphatic heterocycles. The number of hydrogen-bond acceptors (Lipinski definition) is 3. The smallest absolute Gasteiger partial charge is 0.175 e. The van der Waals surface area contributed by atoms with Gasteiger partial charge < -0.3 is 14.8 Å². The van der Waals surface area contributed by atoms with Crippen molar-refractivity contribution in [3.8, 4) is 11.5 Å². The van der Waals surface area contributed by atoms with Crippen molar-refractivity contribution in [2.75, 3.05) is 12.4 Å². The normalized spacial score (nSPS) is 20.7. The lowest BCUT2D eigenvalue weighted by Crippen LogP contribution is -2.29. The zero-order valence-corrected chi connectivity index (χ0v) is 21.6. The van der Waals surface area contributed by atoms with Crippen molar-refractivity contribution in [3.63, 3.8) is 0 Å². The van der Waals surface area contributed by atoms with E-state index in [0.717, 1.165) is 33.3 Å². The van der Waals surface area contributed by atoms with Crippen molar-refractivity contribution >= 4 is 56.4 Å². The van der Waals surface area contributed by atoms with Gasteiger partial charge in [0.05, 0.1) is 28.3 Å². The molecule has 3 aromatic rings. The van der Waals surface area contributed by atoms with Crippen molar-refractivity contribution < 1.29 is 9.47 Å². The number of allylic oxidation sites excluding steroid dienone is 2. The fourth-order valence-electron chi connectivity index (χ4n) is 4.78. The maximum atomic E-state index is 6.58. The summed E-state index contributed by atoms with van der Waals surface area (Å²) in [6, 6.07) is 15.6. The van der Waals surface area contributed by atoms with Gasteiger partial charge in [0.2, 0.25) is 0 Å². The summed E-state index contributed by atoms with van der Waals surface area (Å²) in [5.41, 5.74) is 4.09. The molecule has 0 radical (unpaired) electrons. The van der Waals surface area contributed by atoms with E-state index in [1.54, 1.807) is 13.2 Å². The average Bonchev–Trinajstić information content (AvgIpc) is 3.29. The zero-order chi connectivity index (χ0) is 23.1. The van der Waals surface area contributed by atoms with Gasteiger partial charge in [-0.15, -0.1) is 0 Å². The number of hydrogen-bond donors (Lipinski definition) is 1. The second-order valence-corrected chi connectivity index (χ2v) is 10.3. The first-order chi connectivity index (χ1) is 16.0. The molecule has 3 atom stereocenters. The Morgan fingerprint density at radius 3 is 2.67 bits per heavy atom. The van der Waals surface area contributed by atoms with Crippen LogP contribution in [0.1, 0.15) is 35.1 Å².